The van der Waals surface area contributed by atoms with Crippen molar-refractivity contribution in [2.24, 2.45) is 0 Å². The smallest absolute Gasteiger partial charge is 0.319 e. The molecule has 1 saturated heterocycles. The monoisotopic (exact) mass is 346 g/mol. The first-order chi connectivity index (χ1) is 12.0. The Morgan fingerprint density at radius 2 is 1.92 bits per heavy atom. The Morgan fingerprint density at radius 3 is 2.64 bits per heavy atom. The summed E-state index contributed by atoms with van der Waals surface area (Å²) in [6, 6.07) is 6.04. The Kier molecular flexibility index (Phi) is 4.87. The molecule has 3 rings (SSSR count). The molecule has 0 spiro atoms. The van der Waals surface area contributed by atoms with E-state index in [-0.39, 0.29) is 24.0 Å². The summed E-state index contributed by atoms with van der Waals surface area (Å²) in [4.78, 5) is 29.4. The van der Waals surface area contributed by atoms with E-state index < -0.39 is 17.8 Å². The second-order valence-corrected chi connectivity index (χ2v) is 5.70. The molecular weight excluding hydrogens is 330 g/mol. The van der Waals surface area contributed by atoms with Gasteiger partial charge in [-0.2, -0.15) is 0 Å². The molecule has 25 heavy (non-hydrogen) atoms. The Bertz CT molecular complexity index is 782. The van der Waals surface area contributed by atoms with Crippen molar-refractivity contribution < 1.29 is 18.4 Å². The van der Waals surface area contributed by atoms with Crippen LogP contribution in [0.1, 0.15) is 16.8 Å². The van der Waals surface area contributed by atoms with Crippen LogP contribution in [0.15, 0.2) is 42.7 Å². The van der Waals surface area contributed by atoms with Crippen molar-refractivity contribution in [2.45, 2.75) is 12.5 Å². The number of amides is 3. The highest BCUT2D eigenvalue weighted by molar-refractivity contribution is 5.94. The summed E-state index contributed by atoms with van der Waals surface area (Å²) in [6.07, 6.45) is 2.92. The molecule has 0 bridgehead atoms. The average molecular weight is 346 g/mol. The number of pyridine rings is 1. The lowest BCUT2D eigenvalue weighted by molar-refractivity contribution is 0.0784. The maximum absolute atomic E-state index is 13.7. The number of rotatable bonds is 3. The van der Waals surface area contributed by atoms with Gasteiger partial charge in [-0.25, -0.2) is 13.6 Å². The Hall–Kier alpha value is -3.03. The number of halogens is 2. The van der Waals surface area contributed by atoms with Gasteiger partial charge in [0.05, 0.1) is 11.8 Å². The van der Waals surface area contributed by atoms with Crippen LogP contribution in [0, 0.1) is 11.6 Å². The quantitative estimate of drug-likeness (QED) is 0.896. The molecule has 0 aliphatic carbocycles. The van der Waals surface area contributed by atoms with Gasteiger partial charge in [0.2, 0.25) is 0 Å². The number of hydrogen-bond acceptors (Lipinski definition) is 3. The minimum absolute atomic E-state index is 0.0357. The fourth-order valence-corrected chi connectivity index (χ4v) is 2.67. The molecule has 1 aliphatic rings. The van der Waals surface area contributed by atoms with E-state index in [9.17, 15) is 18.4 Å². The van der Waals surface area contributed by atoms with Gasteiger partial charge in [-0.1, -0.05) is 0 Å². The van der Waals surface area contributed by atoms with Gasteiger partial charge in [-0.05, 0) is 36.8 Å². The first kappa shape index (κ1) is 16.8. The van der Waals surface area contributed by atoms with E-state index >= 15 is 0 Å². The summed E-state index contributed by atoms with van der Waals surface area (Å²) in [5, 5.41) is 5.34. The van der Waals surface area contributed by atoms with Crippen LogP contribution in [0.2, 0.25) is 0 Å². The minimum Gasteiger partial charge on any atom is -0.336 e. The van der Waals surface area contributed by atoms with Gasteiger partial charge in [-0.15, -0.1) is 0 Å². The van der Waals surface area contributed by atoms with Crippen LogP contribution < -0.4 is 10.6 Å². The van der Waals surface area contributed by atoms with Gasteiger partial charge in [0.15, 0.2) is 5.82 Å². The third kappa shape index (κ3) is 4.09. The van der Waals surface area contributed by atoms with E-state index in [2.05, 4.69) is 15.6 Å². The minimum atomic E-state index is -0.669. The van der Waals surface area contributed by atoms with Crippen molar-refractivity contribution in [1.82, 2.24) is 15.2 Å². The van der Waals surface area contributed by atoms with Crippen LogP contribution in [-0.4, -0.2) is 41.0 Å². The van der Waals surface area contributed by atoms with Crippen molar-refractivity contribution >= 4 is 17.6 Å². The first-order valence-electron chi connectivity index (χ1n) is 7.75. The highest BCUT2D eigenvalue weighted by atomic mass is 19.1. The molecule has 2 N–H and O–H groups in total. The van der Waals surface area contributed by atoms with Crippen molar-refractivity contribution in [3.63, 3.8) is 0 Å². The molecule has 1 unspecified atom stereocenters. The Labute approximate surface area is 142 Å². The van der Waals surface area contributed by atoms with E-state index in [1.807, 2.05) is 0 Å². The number of benzene rings is 1. The van der Waals surface area contributed by atoms with Crippen molar-refractivity contribution in [2.75, 3.05) is 18.4 Å². The predicted molar refractivity (Wildman–Crippen MR) is 87.1 cm³/mol. The van der Waals surface area contributed by atoms with Crippen LogP contribution in [0.4, 0.5) is 19.3 Å². The lowest BCUT2D eigenvalue weighted by atomic mass is 10.2. The maximum Gasteiger partial charge on any atom is 0.319 e. The highest BCUT2D eigenvalue weighted by Gasteiger charge is 2.29. The van der Waals surface area contributed by atoms with Gasteiger partial charge in [0.1, 0.15) is 5.82 Å². The number of anilines is 1. The van der Waals surface area contributed by atoms with Crippen molar-refractivity contribution in [3.8, 4) is 0 Å². The molecule has 3 amide bonds. The number of nitrogens with one attached hydrogen (secondary N) is 2. The van der Waals surface area contributed by atoms with E-state index in [4.69, 9.17) is 0 Å². The van der Waals surface area contributed by atoms with Gasteiger partial charge in [-0.3, -0.25) is 9.78 Å². The van der Waals surface area contributed by atoms with Crippen LogP contribution in [-0.2, 0) is 0 Å². The maximum atomic E-state index is 13.7. The summed E-state index contributed by atoms with van der Waals surface area (Å²) in [5.74, 6) is -1.49. The van der Waals surface area contributed by atoms with E-state index in [0.717, 1.165) is 6.20 Å². The summed E-state index contributed by atoms with van der Waals surface area (Å²) >= 11 is 0. The number of hydrogen-bond donors (Lipinski definition) is 2. The van der Waals surface area contributed by atoms with E-state index in [1.165, 1.54) is 41.4 Å². The standard InChI is InChI=1S/C17H16F2N4O2/c18-11-1-3-12(4-2-11)21-17(25)22-13-6-8-23(10-13)16(24)14-5-7-20-9-15(14)19/h1-5,7,9,13H,6,8,10H2,(H2,21,22,25). The number of urea groups is 1. The number of aromatic nitrogens is 1. The Balaban J connectivity index is 1.54. The molecular formula is C17H16F2N4O2. The lowest BCUT2D eigenvalue weighted by Crippen LogP contribution is -2.40. The third-order valence-corrected chi connectivity index (χ3v) is 3.92. The highest BCUT2D eigenvalue weighted by Crippen LogP contribution is 2.16. The zero-order chi connectivity index (χ0) is 17.8. The zero-order valence-electron chi connectivity index (χ0n) is 13.2. The molecule has 8 heteroatoms. The molecule has 1 fully saturated rings. The van der Waals surface area contributed by atoms with Gasteiger partial charge in [0.25, 0.3) is 5.91 Å². The average Bonchev–Trinajstić information content (AvgIpc) is 3.05. The molecule has 2 aromatic rings. The van der Waals surface area contributed by atoms with Gasteiger partial charge in [0, 0.05) is 31.0 Å². The molecule has 130 valence electrons. The fraction of sp³-hybridized carbons (Fsp3) is 0.235. The first-order valence-corrected chi connectivity index (χ1v) is 7.75. The molecule has 1 aliphatic heterocycles. The number of likely N-dealkylation sites (tertiary alicyclic amines) is 1. The lowest BCUT2D eigenvalue weighted by Gasteiger charge is -2.17. The van der Waals surface area contributed by atoms with Crippen LogP contribution >= 0.6 is 0 Å². The number of carbonyl (C=O) groups is 2. The zero-order valence-corrected chi connectivity index (χ0v) is 13.2. The summed E-state index contributed by atoms with van der Waals surface area (Å²) in [7, 11) is 0. The summed E-state index contributed by atoms with van der Waals surface area (Å²) in [5.41, 5.74) is 0.426. The molecule has 0 saturated carbocycles. The topological polar surface area (TPSA) is 74.3 Å². The molecule has 1 aromatic heterocycles. The molecule has 0 radical (unpaired) electrons. The third-order valence-electron chi connectivity index (χ3n) is 3.92. The molecule has 6 nitrogen and oxygen atoms in total. The second-order valence-electron chi connectivity index (χ2n) is 5.70. The van der Waals surface area contributed by atoms with E-state index in [1.54, 1.807) is 0 Å². The van der Waals surface area contributed by atoms with Crippen LogP contribution in [0.5, 0.6) is 0 Å². The van der Waals surface area contributed by atoms with Crippen molar-refractivity contribution in [1.29, 1.82) is 0 Å². The summed E-state index contributed by atoms with van der Waals surface area (Å²) in [6.45, 7) is 0.708. The normalized spacial score (nSPS) is 16.6. The largest absolute Gasteiger partial charge is 0.336 e. The molecule has 2 heterocycles. The van der Waals surface area contributed by atoms with Crippen LogP contribution in [0.3, 0.4) is 0 Å². The number of nitrogens with zero attached hydrogens (tertiary/aromatic N) is 2. The number of carbonyl (C=O) groups excluding carboxylic acids is 2. The predicted octanol–water partition coefficient (Wildman–Crippen LogP) is 2.40. The van der Waals surface area contributed by atoms with E-state index in [0.29, 0.717) is 18.7 Å². The summed E-state index contributed by atoms with van der Waals surface area (Å²) < 4.78 is 26.5. The molecule has 1 atom stereocenters. The Morgan fingerprint density at radius 1 is 1.16 bits per heavy atom. The van der Waals surface area contributed by atoms with Crippen LogP contribution in [0.25, 0.3) is 0 Å². The van der Waals surface area contributed by atoms with Crippen molar-refractivity contribution in [3.05, 3.63) is 59.9 Å². The van der Waals surface area contributed by atoms with Gasteiger partial charge >= 0.3 is 6.03 Å². The SMILES string of the molecule is O=C(Nc1ccc(F)cc1)NC1CCN(C(=O)c2ccncc2F)C1. The second kappa shape index (κ2) is 7.25. The fourth-order valence-electron chi connectivity index (χ4n) is 2.67. The molecule has 1 aromatic carbocycles. The van der Waals surface area contributed by atoms with Gasteiger partial charge < -0.3 is 15.5 Å².